The second-order valence-corrected chi connectivity index (χ2v) is 10.1. The third-order valence-electron chi connectivity index (χ3n) is 5.39. The van der Waals surface area contributed by atoms with Gasteiger partial charge in [-0.2, -0.15) is 0 Å². The maximum absolute atomic E-state index is 13.3. The van der Waals surface area contributed by atoms with Gasteiger partial charge in [0.15, 0.2) is 0 Å². The molecule has 0 bridgehead atoms. The summed E-state index contributed by atoms with van der Waals surface area (Å²) in [6.45, 7) is 3.99. The van der Waals surface area contributed by atoms with Gasteiger partial charge in [0.1, 0.15) is 0 Å². The lowest BCUT2D eigenvalue weighted by atomic mass is 10.0. The number of hydrogen-bond donors (Lipinski definition) is 1. The Kier molecular flexibility index (Phi) is 5.69. The number of anilines is 1. The summed E-state index contributed by atoms with van der Waals surface area (Å²) in [5.41, 5.74) is 4.86. The Morgan fingerprint density at radius 3 is 2.26 bits per heavy atom. The van der Waals surface area contributed by atoms with E-state index in [-0.39, 0.29) is 15.8 Å². The van der Waals surface area contributed by atoms with Crippen molar-refractivity contribution < 1.29 is 9.72 Å². The molecule has 0 radical (unpaired) electrons. The number of pyridine rings is 1. The van der Waals surface area contributed by atoms with Gasteiger partial charge in [-0.15, -0.1) is 11.3 Å². The van der Waals surface area contributed by atoms with Crippen LogP contribution in [0.15, 0.2) is 72.8 Å². The lowest BCUT2D eigenvalue weighted by Crippen LogP contribution is -2.13. The topological polar surface area (TPSA) is 85.1 Å². The van der Waals surface area contributed by atoms with Gasteiger partial charge in [-0.3, -0.25) is 14.9 Å². The number of rotatable bonds is 5. The van der Waals surface area contributed by atoms with Gasteiger partial charge in [-0.05, 0) is 62.4 Å². The highest BCUT2D eigenvalue weighted by Crippen LogP contribution is 2.40. The maximum atomic E-state index is 13.3. The first-order valence-corrected chi connectivity index (χ1v) is 12.1. The van der Waals surface area contributed by atoms with Crippen molar-refractivity contribution in [3.8, 4) is 20.3 Å². The monoisotopic (exact) mass is 485 g/mol. The van der Waals surface area contributed by atoms with Crippen molar-refractivity contribution in [1.29, 1.82) is 0 Å². The fraction of sp³-hybridized carbons (Fsp3) is 0.0769. The summed E-state index contributed by atoms with van der Waals surface area (Å²) in [5, 5.41) is 14.9. The first kappa shape index (κ1) is 21.9. The van der Waals surface area contributed by atoms with E-state index in [1.54, 1.807) is 6.07 Å². The number of nitrogens with one attached hydrogen (secondary N) is 1. The number of thiophene rings is 2. The third-order valence-corrected chi connectivity index (χ3v) is 7.73. The molecular weight excluding hydrogens is 466 g/mol. The molecule has 0 aliphatic heterocycles. The molecule has 8 heteroatoms. The SMILES string of the molecule is Cc1ccc(NC(=O)c2cc(-c3ccc(-c4ccc([N+](=O)[O-])s4)s3)nc3ccc(C)cc23)cc1. The molecular formula is C26H19N3O3S2. The van der Waals surface area contributed by atoms with E-state index >= 15 is 0 Å². The quantitative estimate of drug-likeness (QED) is 0.207. The highest BCUT2D eigenvalue weighted by atomic mass is 32.1. The lowest BCUT2D eigenvalue weighted by Gasteiger charge is -2.11. The van der Waals surface area contributed by atoms with E-state index in [2.05, 4.69) is 5.32 Å². The molecule has 34 heavy (non-hydrogen) atoms. The first-order chi connectivity index (χ1) is 16.4. The Morgan fingerprint density at radius 2 is 1.53 bits per heavy atom. The van der Waals surface area contributed by atoms with Crippen LogP contribution >= 0.6 is 22.7 Å². The number of nitrogens with zero attached hydrogens (tertiary/aromatic N) is 2. The van der Waals surface area contributed by atoms with E-state index in [0.29, 0.717) is 11.3 Å². The van der Waals surface area contributed by atoms with Gasteiger partial charge < -0.3 is 5.32 Å². The minimum Gasteiger partial charge on any atom is -0.322 e. The molecule has 6 nitrogen and oxygen atoms in total. The number of aryl methyl sites for hydroxylation is 2. The summed E-state index contributed by atoms with van der Waals surface area (Å²) >= 11 is 2.64. The number of amides is 1. The average Bonchev–Trinajstić information content (AvgIpc) is 3.50. The zero-order valence-electron chi connectivity index (χ0n) is 18.4. The Hall–Kier alpha value is -3.88. The van der Waals surface area contributed by atoms with E-state index in [1.807, 2.05) is 74.5 Å². The van der Waals surface area contributed by atoms with E-state index in [0.717, 1.165) is 53.7 Å². The number of benzene rings is 2. The van der Waals surface area contributed by atoms with Crippen molar-refractivity contribution in [2.24, 2.45) is 0 Å². The minimum absolute atomic E-state index is 0.110. The number of hydrogen-bond acceptors (Lipinski definition) is 6. The Labute approximate surface area is 203 Å². The minimum atomic E-state index is -0.380. The summed E-state index contributed by atoms with van der Waals surface area (Å²) < 4.78 is 0. The molecule has 5 rings (SSSR count). The molecule has 1 amide bonds. The normalized spacial score (nSPS) is 11.0. The maximum Gasteiger partial charge on any atom is 0.324 e. The fourth-order valence-corrected chi connectivity index (χ4v) is 5.53. The van der Waals surface area contributed by atoms with Crippen LogP contribution in [0.1, 0.15) is 21.5 Å². The Balaban J connectivity index is 1.55. The molecule has 0 aliphatic carbocycles. The van der Waals surface area contributed by atoms with Crippen LogP contribution in [-0.4, -0.2) is 15.8 Å². The Bertz CT molecular complexity index is 1550. The molecule has 0 saturated carbocycles. The summed E-state index contributed by atoms with van der Waals surface area (Å²) in [6.07, 6.45) is 0. The van der Waals surface area contributed by atoms with E-state index in [9.17, 15) is 14.9 Å². The third kappa shape index (κ3) is 4.33. The molecule has 0 saturated heterocycles. The number of fused-ring (bicyclic) bond motifs is 1. The molecule has 0 aliphatic rings. The van der Waals surface area contributed by atoms with Gasteiger partial charge in [0.25, 0.3) is 5.91 Å². The molecule has 5 aromatic rings. The van der Waals surface area contributed by atoms with Crippen LogP contribution < -0.4 is 5.32 Å². The highest BCUT2D eigenvalue weighted by molar-refractivity contribution is 7.25. The highest BCUT2D eigenvalue weighted by Gasteiger charge is 2.17. The zero-order chi connectivity index (χ0) is 23.8. The van der Waals surface area contributed by atoms with Crippen LogP contribution in [0.5, 0.6) is 0 Å². The first-order valence-electron chi connectivity index (χ1n) is 10.5. The van der Waals surface area contributed by atoms with E-state index in [1.165, 1.54) is 17.4 Å². The van der Waals surface area contributed by atoms with E-state index < -0.39 is 0 Å². The largest absolute Gasteiger partial charge is 0.324 e. The molecule has 0 atom stereocenters. The van der Waals surface area contributed by atoms with E-state index in [4.69, 9.17) is 4.98 Å². The molecule has 0 spiro atoms. The second-order valence-electron chi connectivity index (χ2n) is 7.95. The van der Waals surface area contributed by atoms with Gasteiger partial charge in [0.2, 0.25) is 0 Å². The smallest absolute Gasteiger partial charge is 0.322 e. The molecule has 0 fully saturated rings. The number of carbonyl (C=O) groups is 1. The van der Waals surface area contributed by atoms with Gasteiger partial charge >= 0.3 is 5.00 Å². The summed E-state index contributed by atoms with van der Waals surface area (Å²) in [6, 6.07) is 22.5. The van der Waals surface area contributed by atoms with Crippen LogP contribution in [0.25, 0.3) is 31.2 Å². The molecule has 0 unspecified atom stereocenters. The van der Waals surface area contributed by atoms with Gasteiger partial charge in [-0.1, -0.05) is 40.7 Å². The van der Waals surface area contributed by atoms with Gasteiger partial charge in [0.05, 0.1) is 31.5 Å². The standard InChI is InChI=1S/C26H19N3O3S2/c1-15-3-6-17(7-4-15)27-26(30)19-14-21(28-20-8-5-16(2)13-18(19)20)22-9-10-23(33-22)24-11-12-25(34-24)29(31)32/h3-14H,1-2H3,(H,27,30). The molecule has 168 valence electrons. The van der Waals surface area contributed by atoms with Crippen molar-refractivity contribution in [3.05, 3.63) is 99.6 Å². The average molecular weight is 486 g/mol. The fourth-order valence-electron chi connectivity index (χ4n) is 3.66. The summed E-state index contributed by atoms with van der Waals surface area (Å²) in [5.74, 6) is -0.200. The Morgan fingerprint density at radius 1 is 0.853 bits per heavy atom. The van der Waals surface area contributed by atoms with Crippen molar-refractivity contribution in [3.63, 3.8) is 0 Å². The molecule has 1 N–H and O–H groups in total. The van der Waals surface area contributed by atoms with Crippen molar-refractivity contribution in [1.82, 2.24) is 4.98 Å². The van der Waals surface area contributed by atoms with Crippen molar-refractivity contribution in [2.75, 3.05) is 5.32 Å². The number of nitro groups is 1. The van der Waals surface area contributed by atoms with Crippen molar-refractivity contribution >= 4 is 50.2 Å². The summed E-state index contributed by atoms with van der Waals surface area (Å²) in [4.78, 5) is 31.4. The predicted octanol–water partition coefficient (Wildman–Crippen LogP) is 7.47. The summed E-state index contributed by atoms with van der Waals surface area (Å²) in [7, 11) is 0. The van der Waals surface area contributed by atoms with Crippen LogP contribution in [-0.2, 0) is 0 Å². The number of aromatic nitrogens is 1. The van der Waals surface area contributed by atoms with Crippen LogP contribution in [0, 0.1) is 24.0 Å². The molecule has 3 heterocycles. The van der Waals surface area contributed by atoms with Gasteiger partial charge in [-0.25, -0.2) is 4.98 Å². The molecule has 3 aromatic heterocycles. The zero-order valence-corrected chi connectivity index (χ0v) is 20.0. The van der Waals surface area contributed by atoms with Crippen LogP contribution in [0.2, 0.25) is 0 Å². The van der Waals surface area contributed by atoms with Crippen molar-refractivity contribution in [2.45, 2.75) is 13.8 Å². The predicted molar refractivity (Wildman–Crippen MR) is 139 cm³/mol. The lowest BCUT2D eigenvalue weighted by molar-refractivity contribution is -0.380. The second kappa shape index (κ2) is 8.81. The van der Waals surface area contributed by atoms with Crippen LogP contribution in [0.4, 0.5) is 10.7 Å². The van der Waals surface area contributed by atoms with Crippen LogP contribution in [0.3, 0.4) is 0 Å². The number of carbonyl (C=O) groups excluding carboxylic acids is 1. The van der Waals surface area contributed by atoms with Gasteiger partial charge in [0, 0.05) is 22.0 Å². The molecule has 2 aromatic carbocycles.